The molecule has 0 aliphatic carbocycles. The highest BCUT2D eigenvalue weighted by Crippen LogP contribution is 2.36. The molecule has 0 N–H and O–H groups in total. The minimum Gasteiger partial charge on any atom is -0.455 e. The standard InChI is InChI=1S/C19H16BrN3O/c20-16-4-6-17(7-5-16)24-19-11-15(13-22)14(12-21)10-18(19)23-8-2-1-3-9-23/h4-7,10-11H,1-3,8-9H2. The molecule has 0 saturated carbocycles. The predicted octanol–water partition coefficient (Wildman–Crippen LogP) is 4.98. The lowest BCUT2D eigenvalue weighted by Gasteiger charge is -2.30. The normalized spacial score (nSPS) is 13.9. The van der Waals surface area contributed by atoms with E-state index in [0.29, 0.717) is 22.6 Å². The minimum atomic E-state index is 0.338. The Morgan fingerprint density at radius 3 is 2.17 bits per heavy atom. The molecule has 4 nitrogen and oxygen atoms in total. The van der Waals surface area contributed by atoms with Crippen LogP contribution in [0.15, 0.2) is 40.9 Å². The highest BCUT2D eigenvalue weighted by atomic mass is 79.9. The lowest BCUT2D eigenvalue weighted by Crippen LogP contribution is -2.29. The van der Waals surface area contributed by atoms with E-state index in [1.165, 1.54) is 6.42 Å². The van der Waals surface area contributed by atoms with Crippen LogP contribution in [0.25, 0.3) is 0 Å². The molecule has 5 heteroatoms. The number of ether oxygens (including phenoxy) is 1. The lowest BCUT2D eigenvalue weighted by atomic mass is 10.0. The summed E-state index contributed by atoms with van der Waals surface area (Å²) in [5.41, 5.74) is 1.61. The van der Waals surface area contributed by atoms with Gasteiger partial charge in [-0.3, -0.25) is 0 Å². The van der Waals surface area contributed by atoms with Gasteiger partial charge in [0.05, 0.1) is 16.8 Å². The molecule has 0 amide bonds. The van der Waals surface area contributed by atoms with Gasteiger partial charge in [-0.2, -0.15) is 10.5 Å². The number of hydrogen-bond acceptors (Lipinski definition) is 4. The summed E-state index contributed by atoms with van der Waals surface area (Å²) in [6, 6.07) is 15.2. The topological polar surface area (TPSA) is 60.0 Å². The molecule has 1 fully saturated rings. The van der Waals surface area contributed by atoms with Crippen LogP contribution in [-0.2, 0) is 0 Å². The molecule has 0 unspecified atom stereocenters. The third kappa shape index (κ3) is 3.53. The van der Waals surface area contributed by atoms with Gasteiger partial charge < -0.3 is 9.64 Å². The Morgan fingerprint density at radius 1 is 0.917 bits per heavy atom. The van der Waals surface area contributed by atoms with Crippen LogP contribution >= 0.6 is 15.9 Å². The Balaban J connectivity index is 2.02. The third-order valence-corrected chi connectivity index (χ3v) is 4.61. The van der Waals surface area contributed by atoms with Crippen LogP contribution in [0.1, 0.15) is 30.4 Å². The third-order valence-electron chi connectivity index (χ3n) is 4.08. The largest absolute Gasteiger partial charge is 0.455 e. The molecular formula is C19H16BrN3O. The second kappa shape index (κ2) is 7.38. The zero-order valence-electron chi connectivity index (χ0n) is 13.1. The quantitative estimate of drug-likeness (QED) is 0.752. The van der Waals surface area contributed by atoms with Crippen molar-refractivity contribution in [3.05, 3.63) is 52.0 Å². The maximum absolute atomic E-state index is 9.32. The lowest BCUT2D eigenvalue weighted by molar-refractivity contribution is 0.476. The molecule has 1 heterocycles. The fourth-order valence-electron chi connectivity index (χ4n) is 2.85. The van der Waals surface area contributed by atoms with Crippen molar-refractivity contribution in [2.75, 3.05) is 18.0 Å². The van der Waals surface area contributed by atoms with Crippen molar-refractivity contribution in [1.82, 2.24) is 0 Å². The molecule has 1 aliphatic rings. The summed E-state index contributed by atoms with van der Waals surface area (Å²) in [5.74, 6) is 1.32. The molecule has 0 radical (unpaired) electrons. The Kier molecular flexibility index (Phi) is 5.03. The summed E-state index contributed by atoms with van der Waals surface area (Å²) in [7, 11) is 0. The van der Waals surface area contributed by atoms with E-state index in [1.807, 2.05) is 24.3 Å². The van der Waals surface area contributed by atoms with Gasteiger partial charge in [-0.15, -0.1) is 0 Å². The van der Waals surface area contributed by atoms with Crippen LogP contribution in [0.4, 0.5) is 5.69 Å². The molecule has 2 aromatic carbocycles. The summed E-state index contributed by atoms with van der Waals surface area (Å²) in [5, 5.41) is 18.6. The van der Waals surface area contributed by atoms with Gasteiger partial charge in [0.15, 0.2) is 5.75 Å². The van der Waals surface area contributed by atoms with E-state index >= 15 is 0 Å². The van der Waals surface area contributed by atoms with Gasteiger partial charge in [0.1, 0.15) is 17.9 Å². The number of rotatable bonds is 3. The summed E-state index contributed by atoms with van der Waals surface area (Å²) in [6.45, 7) is 1.88. The van der Waals surface area contributed by atoms with E-state index in [-0.39, 0.29) is 0 Å². The van der Waals surface area contributed by atoms with Crippen molar-refractivity contribution < 1.29 is 4.74 Å². The Labute approximate surface area is 150 Å². The second-order valence-corrected chi connectivity index (χ2v) is 6.61. The van der Waals surface area contributed by atoms with Crippen LogP contribution in [0.5, 0.6) is 11.5 Å². The molecule has 2 aromatic rings. The maximum Gasteiger partial charge on any atom is 0.152 e. The van der Waals surface area contributed by atoms with E-state index < -0.39 is 0 Å². The van der Waals surface area contributed by atoms with Crippen LogP contribution in [0.3, 0.4) is 0 Å². The van der Waals surface area contributed by atoms with Gasteiger partial charge in [0.2, 0.25) is 0 Å². The van der Waals surface area contributed by atoms with Crippen molar-refractivity contribution in [2.45, 2.75) is 19.3 Å². The fourth-order valence-corrected chi connectivity index (χ4v) is 3.11. The van der Waals surface area contributed by atoms with Gasteiger partial charge in [0, 0.05) is 23.6 Å². The Morgan fingerprint density at radius 2 is 1.54 bits per heavy atom. The minimum absolute atomic E-state index is 0.338. The van der Waals surface area contributed by atoms with Crippen molar-refractivity contribution in [3.63, 3.8) is 0 Å². The monoisotopic (exact) mass is 381 g/mol. The average Bonchev–Trinajstić information content (AvgIpc) is 2.64. The highest BCUT2D eigenvalue weighted by Gasteiger charge is 2.19. The molecular weight excluding hydrogens is 366 g/mol. The van der Waals surface area contributed by atoms with Crippen LogP contribution in [0, 0.1) is 22.7 Å². The zero-order valence-corrected chi connectivity index (χ0v) is 14.7. The second-order valence-electron chi connectivity index (χ2n) is 5.69. The molecule has 24 heavy (non-hydrogen) atoms. The molecule has 0 spiro atoms. The first-order valence-corrected chi connectivity index (χ1v) is 8.67. The maximum atomic E-state index is 9.32. The molecule has 120 valence electrons. The summed E-state index contributed by atoms with van der Waals surface area (Å²) >= 11 is 3.41. The van der Waals surface area contributed by atoms with Crippen molar-refractivity contribution in [2.24, 2.45) is 0 Å². The van der Waals surface area contributed by atoms with E-state index in [1.54, 1.807) is 12.1 Å². The SMILES string of the molecule is N#Cc1cc(Oc2ccc(Br)cc2)c(N2CCCCC2)cc1C#N. The molecule has 1 aliphatic heterocycles. The molecule has 1 saturated heterocycles. The van der Waals surface area contributed by atoms with E-state index in [9.17, 15) is 10.5 Å². The van der Waals surface area contributed by atoms with Gasteiger partial charge in [0.25, 0.3) is 0 Å². The number of nitriles is 2. The van der Waals surface area contributed by atoms with Crippen LogP contribution < -0.4 is 9.64 Å². The van der Waals surface area contributed by atoms with Gasteiger partial charge in [-0.1, -0.05) is 15.9 Å². The first-order chi connectivity index (χ1) is 11.7. The number of piperidine rings is 1. The van der Waals surface area contributed by atoms with Crippen molar-refractivity contribution in [1.29, 1.82) is 10.5 Å². The number of halogens is 1. The van der Waals surface area contributed by atoms with Crippen LogP contribution in [-0.4, -0.2) is 13.1 Å². The van der Waals surface area contributed by atoms with Gasteiger partial charge in [-0.25, -0.2) is 0 Å². The highest BCUT2D eigenvalue weighted by molar-refractivity contribution is 9.10. The van der Waals surface area contributed by atoms with Crippen molar-refractivity contribution >= 4 is 21.6 Å². The summed E-state index contributed by atoms with van der Waals surface area (Å²) in [4.78, 5) is 2.24. The number of nitrogens with zero attached hydrogens (tertiary/aromatic N) is 3. The molecule has 0 bridgehead atoms. The van der Waals surface area contributed by atoms with Gasteiger partial charge in [-0.05, 0) is 49.6 Å². The first kappa shape index (κ1) is 16.4. The summed E-state index contributed by atoms with van der Waals surface area (Å²) in [6.07, 6.45) is 3.47. The van der Waals surface area contributed by atoms with Crippen LogP contribution in [0.2, 0.25) is 0 Å². The smallest absolute Gasteiger partial charge is 0.152 e. The average molecular weight is 382 g/mol. The van der Waals surface area contributed by atoms with Crippen molar-refractivity contribution in [3.8, 4) is 23.6 Å². The Bertz CT molecular complexity index is 812. The Hall–Kier alpha value is -2.50. The fraction of sp³-hybridized carbons (Fsp3) is 0.263. The predicted molar refractivity (Wildman–Crippen MR) is 96.2 cm³/mol. The van der Waals surface area contributed by atoms with E-state index in [2.05, 4.69) is 33.0 Å². The number of benzene rings is 2. The zero-order chi connectivity index (χ0) is 16.9. The first-order valence-electron chi connectivity index (χ1n) is 7.88. The van der Waals surface area contributed by atoms with Gasteiger partial charge >= 0.3 is 0 Å². The number of hydrogen-bond donors (Lipinski definition) is 0. The number of anilines is 1. The molecule has 3 rings (SSSR count). The van der Waals surface area contributed by atoms with E-state index in [0.717, 1.165) is 36.1 Å². The molecule has 0 aromatic heterocycles. The van der Waals surface area contributed by atoms with E-state index in [4.69, 9.17) is 4.74 Å². The molecule has 0 atom stereocenters. The summed E-state index contributed by atoms with van der Waals surface area (Å²) < 4.78 is 7.01.